The summed E-state index contributed by atoms with van der Waals surface area (Å²) in [6.07, 6.45) is -4.82. The van der Waals surface area contributed by atoms with Crippen molar-refractivity contribution >= 4 is 38.3 Å². The molecular weight excluding hydrogens is 471 g/mol. The van der Waals surface area contributed by atoms with Gasteiger partial charge < -0.3 is 5.41 Å². The molecule has 4 nitrogen and oxygen atoms in total. The van der Waals surface area contributed by atoms with Crippen LogP contribution in [-0.2, 0) is 9.84 Å². The molecule has 0 radical (unpaired) electrons. The van der Waals surface area contributed by atoms with E-state index >= 15 is 0 Å². The Labute approximate surface area is 184 Å². The molecule has 1 N–H and O–H groups in total. The molecule has 1 aromatic heterocycles. The number of rotatable bonds is 6. The fourth-order valence-electron chi connectivity index (χ4n) is 2.69. The molecule has 0 saturated carbocycles. The lowest BCUT2D eigenvalue weighted by Crippen LogP contribution is -2.24. The van der Waals surface area contributed by atoms with Crippen molar-refractivity contribution in [1.82, 2.24) is 0 Å². The van der Waals surface area contributed by atoms with Gasteiger partial charge in [-0.2, -0.15) is 13.2 Å². The summed E-state index contributed by atoms with van der Waals surface area (Å²) < 4.78 is 90.0. The maximum absolute atomic E-state index is 14.0. The second-order valence-electron chi connectivity index (χ2n) is 6.77. The summed E-state index contributed by atoms with van der Waals surface area (Å²) in [5, 5.41) is 7.31. The van der Waals surface area contributed by atoms with Crippen molar-refractivity contribution in [2.75, 3.05) is 6.26 Å². The Kier molecular flexibility index (Phi) is 6.61. The first-order valence-corrected chi connectivity index (χ1v) is 11.6. The SMILES string of the molecule is CS(=O)(=O)c1cccc(-c2ccc(C(CC(=N)C(F)(F)F)=Nc3cc(F)ccc3F)s2)c1. The highest BCUT2D eigenvalue weighted by Crippen LogP contribution is 2.32. The van der Waals surface area contributed by atoms with Gasteiger partial charge in [0.1, 0.15) is 23.0 Å². The number of hydrogen-bond donors (Lipinski definition) is 1. The number of benzene rings is 2. The minimum atomic E-state index is -4.91. The second-order valence-corrected chi connectivity index (χ2v) is 9.87. The summed E-state index contributed by atoms with van der Waals surface area (Å²) in [4.78, 5) is 4.67. The molecule has 0 aliphatic heterocycles. The maximum Gasteiger partial charge on any atom is 0.429 e. The quantitative estimate of drug-likeness (QED) is 0.333. The largest absolute Gasteiger partial charge is 0.429 e. The molecule has 0 atom stereocenters. The normalized spacial score (nSPS) is 12.8. The van der Waals surface area contributed by atoms with E-state index in [1.54, 1.807) is 12.1 Å². The zero-order valence-corrected chi connectivity index (χ0v) is 18.0. The molecule has 0 aliphatic rings. The van der Waals surface area contributed by atoms with Crippen LogP contribution in [0.3, 0.4) is 0 Å². The highest BCUT2D eigenvalue weighted by Gasteiger charge is 2.35. The Morgan fingerprint density at radius 1 is 1.06 bits per heavy atom. The molecule has 11 heteroatoms. The van der Waals surface area contributed by atoms with E-state index in [9.17, 15) is 30.4 Å². The average molecular weight is 486 g/mol. The van der Waals surface area contributed by atoms with Crippen LogP contribution in [0.15, 0.2) is 64.5 Å². The Hall–Kier alpha value is -2.92. The van der Waals surface area contributed by atoms with Crippen LogP contribution in [0.4, 0.5) is 27.6 Å². The van der Waals surface area contributed by atoms with Crippen molar-refractivity contribution in [3.63, 3.8) is 0 Å². The van der Waals surface area contributed by atoms with E-state index in [1.165, 1.54) is 24.3 Å². The van der Waals surface area contributed by atoms with Crippen molar-refractivity contribution in [3.05, 3.63) is 71.1 Å². The van der Waals surface area contributed by atoms with Crippen molar-refractivity contribution in [3.8, 4) is 10.4 Å². The minimum absolute atomic E-state index is 0.0690. The molecule has 3 aromatic rings. The van der Waals surface area contributed by atoms with Gasteiger partial charge in [0.05, 0.1) is 10.6 Å². The number of aliphatic imine (C=N–C) groups is 1. The summed E-state index contributed by atoms with van der Waals surface area (Å²) in [7, 11) is -3.47. The van der Waals surface area contributed by atoms with E-state index in [0.29, 0.717) is 10.4 Å². The van der Waals surface area contributed by atoms with Crippen molar-refractivity contribution in [2.24, 2.45) is 4.99 Å². The molecule has 32 heavy (non-hydrogen) atoms. The van der Waals surface area contributed by atoms with Gasteiger partial charge in [-0.3, -0.25) is 0 Å². The van der Waals surface area contributed by atoms with Gasteiger partial charge >= 0.3 is 6.18 Å². The zero-order chi connectivity index (χ0) is 23.7. The summed E-state index contributed by atoms with van der Waals surface area (Å²) in [6.45, 7) is 0. The zero-order valence-electron chi connectivity index (χ0n) is 16.4. The summed E-state index contributed by atoms with van der Waals surface area (Å²) >= 11 is 0.990. The van der Waals surface area contributed by atoms with Crippen LogP contribution in [0.5, 0.6) is 0 Å². The number of nitrogens with one attached hydrogen (secondary N) is 1. The fraction of sp³-hybridized carbons (Fsp3) is 0.143. The van der Waals surface area contributed by atoms with E-state index in [1.807, 2.05) is 0 Å². The van der Waals surface area contributed by atoms with Crippen LogP contribution in [-0.4, -0.2) is 32.3 Å². The Morgan fingerprint density at radius 3 is 2.44 bits per heavy atom. The number of sulfone groups is 1. The van der Waals surface area contributed by atoms with E-state index in [2.05, 4.69) is 4.99 Å². The third kappa shape index (κ3) is 5.65. The molecule has 0 saturated heterocycles. The predicted molar refractivity (Wildman–Crippen MR) is 114 cm³/mol. The number of hydrogen-bond acceptors (Lipinski definition) is 5. The molecule has 0 spiro atoms. The molecule has 0 fully saturated rings. The Balaban J connectivity index is 2.07. The monoisotopic (exact) mass is 486 g/mol. The molecular formula is C21H15F5N2O2S2. The summed E-state index contributed by atoms with van der Waals surface area (Å²) in [5.41, 5.74) is -1.86. The predicted octanol–water partition coefficient (Wildman–Crippen LogP) is 6.19. The number of thiophene rings is 1. The molecule has 0 aliphatic carbocycles. The van der Waals surface area contributed by atoms with Crippen molar-refractivity contribution in [1.29, 1.82) is 5.41 Å². The van der Waals surface area contributed by atoms with E-state index in [0.717, 1.165) is 35.8 Å². The summed E-state index contributed by atoms with van der Waals surface area (Å²) in [5.74, 6) is -1.75. The first-order chi connectivity index (χ1) is 14.8. The van der Waals surface area contributed by atoms with Gasteiger partial charge in [0.15, 0.2) is 9.84 Å². The molecule has 2 aromatic carbocycles. The second kappa shape index (κ2) is 8.91. The highest BCUT2D eigenvalue weighted by atomic mass is 32.2. The van der Waals surface area contributed by atoms with Gasteiger partial charge in [-0.1, -0.05) is 12.1 Å². The summed E-state index contributed by atoms with van der Waals surface area (Å²) in [6, 6.07) is 11.4. The van der Waals surface area contributed by atoms with Crippen LogP contribution in [0.1, 0.15) is 11.3 Å². The molecule has 1 heterocycles. The van der Waals surface area contributed by atoms with Crippen molar-refractivity contribution in [2.45, 2.75) is 17.5 Å². The van der Waals surface area contributed by atoms with Crippen LogP contribution < -0.4 is 0 Å². The molecule has 168 valence electrons. The highest BCUT2D eigenvalue weighted by molar-refractivity contribution is 7.90. The van der Waals surface area contributed by atoms with Gasteiger partial charge in [-0.15, -0.1) is 11.3 Å². The van der Waals surface area contributed by atoms with Gasteiger partial charge in [0.25, 0.3) is 0 Å². The van der Waals surface area contributed by atoms with Crippen LogP contribution in [0.25, 0.3) is 10.4 Å². The topological polar surface area (TPSA) is 70.3 Å². The lowest BCUT2D eigenvalue weighted by atomic mass is 10.1. The molecule has 3 rings (SSSR count). The molecule has 0 unspecified atom stereocenters. The average Bonchev–Trinajstić information content (AvgIpc) is 3.19. The third-order valence-electron chi connectivity index (χ3n) is 4.29. The van der Waals surface area contributed by atoms with Crippen molar-refractivity contribution < 1.29 is 30.4 Å². The van der Waals surface area contributed by atoms with E-state index < -0.39 is 45.5 Å². The first-order valence-electron chi connectivity index (χ1n) is 8.92. The maximum atomic E-state index is 14.0. The Bertz CT molecular complexity index is 1310. The lowest BCUT2D eigenvalue weighted by molar-refractivity contribution is -0.0605. The van der Waals surface area contributed by atoms with Gasteiger partial charge in [0.2, 0.25) is 0 Å². The van der Waals surface area contributed by atoms with Crippen LogP contribution in [0, 0.1) is 17.0 Å². The molecule has 0 amide bonds. The van der Waals surface area contributed by atoms with Gasteiger partial charge in [-0.25, -0.2) is 22.2 Å². The van der Waals surface area contributed by atoms with Crippen LogP contribution in [0.2, 0.25) is 0 Å². The minimum Gasteiger partial charge on any atom is -0.300 e. The standard InChI is InChI=1S/C21H15F5N2O2S2/c1-32(29,30)14-4-2-3-12(9-14)18-7-8-19(31-18)17(11-20(27)21(24,25)26)28-16-10-13(22)5-6-15(16)23/h2-10,27H,11H2,1H3. The fourth-order valence-corrected chi connectivity index (χ4v) is 4.35. The smallest absolute Gasteiger partial charge is 0.300 e. The number of alkyl halides is 3. The third-order valence-corrected chi connectivity index (χ3v) is 6.58. The van der Waals surface area contributed by atoms with E-state index in [-0.39, 0.29) is 15.5 Å². The number of nitrogens with zero attached hydrogens (tertiary/aromatic N) is 1. The van der Waals surface area contributed by atoms with Gasteiger partial charge in [0, 0.05) is 28.5 Å². The molecule has 0 bridgehead atoms. The Morgan fingerprint density at radius 2 is 1.78 bits per heavy atom. The van der Waals surface area contributed by atoms with E-state index in [4.69, 9.17) is 5.41 Å². The number of halogens is 5. The first kappa shape index (κ1) is 23.7. The lowest BCUT2D eigenvalue weighted by Gasteiger charge is -2.10. The van der Waals surface area contributed by atoms with Gasteiger partial charge in [-0.05, 0) is 42.0 Å². The van der Waals surface area contributed by atoms with Crippen LogP contribution >= 0.6 is 11.3 Å².